The fraction of sp³-hybridized carbons (Fsp3) is 0.333. The van der Waals surface area contributed by atoms with Crippen molar-refractivity contribution in [1.29, 1.82) is 0 Å². The highest BCUT2D eigenvalue weighted by Gasteiger charge is 2.40. The van der Waals surface area contributed by atoms with Gasteiger partial charge in [0.1, 0.15) is 0 Å². The second-order valence-corrected chi connectivity index (χ2v) is 6.17. The first-order valence-corrected chi connectivity index (χ1v) is 7.67. The lowest BCUT2D eigenvalue weighted by Gasteiger charge is -2.13. The van der Waals surface area contributed by atoms with E-state index in [0.29, 0.717) is 6.42 Å². The maximum Gasteiger partial charge on any atom is 0.240 e. The molecule has 3 rings (SSSR count). The van der Waals surface area contributed by atoms with E-state index in [9.17, 15) is 9.59 Å². The number of aromatic nitrogens is 2. The van der Waals surface area contributed by atoms with E-state index in [1.165, 1.54) is 0 Å². The molecule has 1 aliphatic rings. The van der Waals surface area contributed by atoms with Gasteiger partial charge in [-0.25, -0.2) is 14.9 Å². The summed E-state index contributed by atoms with van der Waals surface area (Å²) in [4.78, 5) is 34.3. The molecule has 0 radical (unpaired) electrons. The molecule has 2 aromatic rings. The Hall–Kier alpha value is -2.56. The number of rotatable bonds is 3. The summed E-state index contributed by atoms with van der Waals surface area (Å²) in [6.07, 6.45) is 2.34. The molecular formula is C18H19N3O2. The van der Waals surface area contributed by atoms with Gasteiger partial charge in [0.15, 0.2) is 0 Å². The zero-order chi connectivity index (χ0) is 16.6. The molecule has 0 aliphatic carbocycles. The summed E-state index contributed by atoms with van der Waals surface area (Å²) in [5.41, 5.74) is 4.14. The van der Waals surface area contributed by atoms with Gasteiger partial charge >= 0.3 is 0 Å². The summed E-state index contributed by atoms with van der Waals surface area (Å²) >= 11 is 0. The van der Waals surface area contributed by atoms with Crippen LogP contribution in [0.1, 0.15) is 28.8 Å². The van der Waals surface area contributed by atoms with Gasteiger partial charge in [-0.15, -0.1) is 0 Å². The lowest BCUT2D eigenvalue weighted by atomic mass is 9.95. The number of imide groups is 1. The van der Waals surface area contributed by atoms with Crippen molar-refractivity contribution < 1.29 is 9.59 Å². The Morgan fingerprint density at radius 2 is 1.83 bits per heavy atom. The van der Waals surface area contributed by atoms with Gasteiger partial charge in [-0.05, 0) is 38.8 Å². The molecule has 1 aromatic carbocycles. The van der Waals surface area contributed by atoms with Crippen LogP contribution in [0.25, 0.3) is 0 Å². The monoisotopic (exact) mass is 309 g/mol. The topological polar surface area (TPSA) is 63.2 Å². The fourth-order valence-electron chi connectivity index (χ4n) is 3.08. The molecule has 1 saturated heterocycles. The van der Waals surface area contributed by atoms with Crippen LogP contribution in [0, 0.1) is 26.7 Å². The number of nitrogens with zero attached hydrogens (tertiary/aromatic N) is 3. The summed E-state index contributed by atoms with van der Waals surface area (Å²) in [5, 5.41) is 0. The summed E-state index contributed by atoms with van der Waals surface area (Å²) in [6.45, 7) is 5.87. The van der Waals surface area contributed by atoms with Gasteiger partial charge in [-0.2, -0.15) is 0 Å². The first-order chi connectivity index (χ1) is 10.9. The van der Waals surface area contributed by atoms with Crippen molar-refractivity contribution in [2.45, 2.75) is 33.6 Å². The minimum Gasteiger partial charge on any atom is -0.274 e. The van der Waals surface area contributed by atoms with Crippen molar-refractivity contribution in [2.24, 2.45) is 5.92 Å². The van der Waals surface area contributed by atoms with Gasteiger partial charge in [0.05, 0.1) is 5.92 Å². The van der Waals surface area contributed by atoms with Gasteiger partial charge in [0.2, 0.25) is 17.8 Å². The molecule has 0 saturated carbocycles. The number of aryl methyl sites for hydroxylation is 3. The lowest BCUT2D eigenvalue weighted by Crippen LogP contribution is -2.32. The molecule has 0 bridgehead atoms. The van der Waals surface area contributed by atoms with Crippen molar-refractivity contribution in [3.63, 3.8) is 0 Å². The van der Waals surface area contributed by atoms with E-state index in [4.69, 9.17) is 0 Å². The predicted octanol–water partition coefficient (Wildman–Crippen LogP) is 2.52. The average Bonchev–Trinajstić information content (AvgIpc) is 2.72. The SMILES string of the molecule is Cc1cc(C)cc(CC2CC(=O)N(c3nccc(C)n3)C2=O)c1. The highest BCUT2D eigenvalue weighted by molar-refractivity contribution is 6.20. The number of amides is 2. The molecule has 1 fully saturated rings. The van der Waals surface area contributed by atoms with Crippen LogP contribution in [-0.2, 0) is 16.0 Å². The average molecular weight is 309 g/mol. The van der Waals surface area contributed by atoms with Gasteiger partial charge in [0.25, 0.3) is 0 Å². The van der Waals surface area contributed by atoms with Crippen molar-refractivity contribution in [3.05, 3.63) is 52.8 Å². The van der Waals surface area contributed by atoms with Crippen molar-refractivity contribution in [1.82, 2.24) is 9.97 Å². The molecule has 2 heterocycles. The Kier molecular flexibility index (Phi) is 3.94. The van der Waals surface area contributed by atoms with Crippen LogP contribution in [0.4, 0.5) is 5.95 Å². The highest BCUT2D eigenvalue weighted by Crippen LogP contribution is 2.27. The van der Waals surface area contributed by atoms with E-state index in [0.717, 1.165) is 27.3 Å². The molecule has 1 aromatic heterocycles. The van der Waals surface area contributed by atoms with E-state index in [1.807, 2.05) is 20.8 Å². The van der Waals surface area contributed by atoms with Gasteiger partial charge < -0.3 is 0 Å². The largest absolute Gasteiger partial charge is 0.274 e. The Morgan fingerprint density at radius 3 is 2.48 bits per heavy atom. The van der Waals surface area contributed by atoms with Crippen LogP contribution >= 0.6 is 0 Å². The summed E-state index contributed by atoms with van der Waals surface area (Å²) in [6, 6.07) is 7.96. The first-order valence-electron chi connectivity index (χ1n) is 7.67. The molecule has 23 heavy (non-hydrogen) atoms. The number of benzene rings is 1. The molecule has 1 unspecified atom stereocenters. The van der Waals surface area contributed by atoms with Crippen LogP contribution in [-0.4, -0.2) is 21.8 Å². The minimum absolute atomic E-state index is 0.183. The zero-order valence-electron chi connectivity index (χ0n) is 13.5. The Labute approximate surface area is 135 Å². The number of hydrogen-bond donors (Lipinski definition) is 0. The summed E-state index contributed by atoms with van der Waals surface area (Å²) < 4.78 is 0. The van der Waals surface area contributed by atoms with Crippen molar-refractivity contribution >= 4 is 17.8 Å². The third kappa shape index (κ3) is 3.13. The second kappa shape index (κ2) is 5.91. The summed E-state index contributed by atoms with van der Waals surface area (Å²) in [5.74, 6) is -0.592. The van der Waals surface area contributed by atoms with Crippen molar-refractivity contribution in [2.75, 3.05) is 4.90 Å². The number of anilines is 1. The second-order valence-electron chi connectivity index (χ2n) is 6.17. The first kappa shape index (κ1) is 15.3. The quantitative estimate of drug-likeness (QED) is 0.817. The molecule has 118 valence electrons. The normalized spacial score (nSPS) is 17.9. The smallest absolute Gasteiger partial charge is 0.240 e. The molecule has 0 spiro atoms. The maximum absolute atomic E-state index is 12.6. The van der Waals surface area contributed by atoms with E-state index in [1.54, 1.807) is 12.3 Å². The zero-order valence-corrected chi connectivity index (χ0v) is 13.5. The van der Waals surface area contributed by atoms with Gasteiger partial charge in [-0.3, -0.25) is 9.59 Å². The highest BCUT2D eigenvalue weighted by atomic mass is 16.2. The fourth-order valence-corrected chi connectivity index (χ4v) is 3.08. The standard InChI is InChI=1S/C18H19N3O2/c1-11-6-12(2)8-14(7-11)9-15-10-16(22)21(17(15)23)18-19-5-4-13(3)20-18/h4-8,15H,9-10H2,1-3H3. The van der Waals surface area contributed by atoms with Gasteiger partial charge in [0, 0.05) is 18.3 Å². The Balaban J connectivity index is 1.83. The third-order valence-electron chi connectivity index (χ3n) is 3.99. The number of carbonyl (C=O) groups excluding carboxylic acids is 2. The maximum atomic E-state index is 12.6. The van der Waals surface area contributed by atoms with Crippen molar-refractivity contribution in [3.8, 4) is 0 Å². The van der Waals surface area contributed by atoms with Gasteiger partial charge in [-0.1, -0.05) is 29.3 Å². The number of carbonyl (C=O) groups is 2. The van der Waals surface area contributed by atoms with Crippen LogP contribution in [0.3, 0.4) is 0 Å². The van der Waals surface area contributed by atoms with E-state index >= 15 is 0 Å². The van der Waals surface area contributed by atoms with E-state index in [2.05, 4.69) is 28.2 Å². The van der Waals surface area contributed by atoms with Crippen LogP contribution in [0.5, 0.6) is 0 Å². The number of hydrogen-bond acceptors (Lipinski definition) is 4. The molecular weight excluding hydrogens is 290 g/mol. The third-order valence-corrected chi connectivity index (χ3v) is 3.99. The molecule has 5 heteroatoms. The molecule has 1 aliphatic heterocycles. The van der Waals surface area contributed by atoms with Crippen LogP contribution < -0.4 is 4.90 Å². The molecule has 0 N–H and O–H groups in total. The molecule has 2 amide bonds. The minimum atomic E-state index is -0.340. The lowest BCUT2D eigenvalue weighted by molar-refractivity contribution is -0.122. The summed E-state index contributed by atoms with van der Waals surface area (Å²) in [7, 11) is 0. The van der Waals surface area contributed by atoms with Crippen LogP contribution in [0.15, 0.2) is 30.5 Å². The molecule has 1 atom stereocenters. The Morgan fingerprint density at radius 1 is 1.13 bits per heavy atom. The predicted molar refractivity (Wildman–Crippen MR) is 87.0 cm³/mol. The van der Waals surface area contributed by atoms with Crippen LogP contribution in [0.2, 0.25) is 0 Å². The van der Waals surface area contributed by atoms with E-state index in [-0.39, 0.29) is 30.1 Å². The van der Waals surface area contributed by atoms with E-state index < -0.39 is 0 Å². The Bertz CT molecular complexity index is 765. The molecule has 5 nitrogen and oxygen atoms in total.